The quantitative estimate of drug-likeness (QED) is 0.616. The molecule has 1 fully saturated rings. The van der Waals surface area contributed by atoms with Crippen LogP contribution in [0.3, 0.4) is 0 Å². The molecule has 0 heterocycles. The summed E-state index contributed by atoms with van der Waals surface area (Å²) in [7, 11) is 2.08. The Labute approximate surface area is 145 Å². The Morgan fingerprint density at radius 2 is 2.04 bits per heavy atom. The number of halogens is 1. The molecule has 0 aromatic heterocycles. The predicted molar refractivity (Wildman–Crippen MR) is 100 cm³/mol. The maximum Gasteiger partial charge on any atom is 0.129 e. The van der Waals surface area contributed by atoms with E-state index >= 15 is 0 Å². The third kappa shape index (κ3) is 4.11. The van der Waals surface area contributed by atoms with Crippen molar-refractivity contribution in [1.29, 1.82) is 0 Å². The number of aliphatic imine (C=N–C) groups is 2. The third-order valence-corrected chi connectivity index (χ3v) is 5.33. The van der Waals surface area contributed by atoms with Gasteiger partial charge in [0.2, 0.25) is 0 Å². The smallest absolute Gasteiger partial charge is 0.129 e. The van der Waals surface area contributed by atoms with E-state index in [1.54, 1.807) is 18.3 Å². The molecule has 1 aromatic carbocycles. The molecule has 0 amide bonds. The van der Waals surface area contributed by atoms with Crippen molar-refractivity contribution in [2.45, 2.75) is 51.6 Å². The second-order valence-corrected chi connectivity index (χ2v) is 6.75. The van der Waals surface area contributed by atoms with Crippen LogP contribution in [0.2, 0.25) is 0 Å². The van der Waals surface area contributed by atoms with E-state index in [9.17, 15) is 4.39 Å². The fourth-order valence-corrected chi connectivity index (χ4v) is 3.10. The Hall–Kier alpha value is -1.97. The molecule has 1 aliphatic carbocycles. The van der Waals surface area contributed by atoms with Crippen molar-refractivity contribution in [3.63, 3.8) is 0 Å². The molecule has 3 nitrogen and oxygen atoms in total. The van der Waals surface area contributed by atoms with Crippen LogP contribution in [-0.4, -0.2) is 30.4 Å². The van der Waals surface area contributed by atoms with Gasteiger partial charge in [-0.25, -0.2) is 9.38 Å². The average molecular weight is 329 g/mol. The highest BCUT2D eigenvalue weighted by Gasteiger charge is 2.43. The first-order valence-corrected chi connectivity index (χ1v) is 8.61. The molecule has 0 spiro atoms. The van der Waals surface area contributed by atoms with Crippen molar-refractivity contribution in [3.8, 4) is 0 Å². The highest BCUT2D eigenvalue weighted by molar-refractivity contribution is 5.72. The van der Waals surface area contributed by atoms with Gasteiger partial charge in [-0.15, -0.1) is 0 Å². The summed E-state index contributed by atoms with van der Waals surface area (Å²) in [4.78, 5) is 10.9. The van der Waals surface area contributed by atoms with Crippen LogP contribution < -0.4 is 0 Å². The summed E-state index contributed by atoms with van der Waals surface area (Å²) in [5.41, 5.74) is 1.10. The van der Waals surface area contributed by atoms with Gasteiger partial charge in [-0.05, 0) is 69.5 Å². The monoisotopic (exact) mass is 329 g/mol. The third-order valence-electron chi connectivity index (χ3n) is 5.33. The van der Waals surface area contributed by atoms with Crippen LogP contribution in [0.1, 0.15) is 51.6 Å². The summed E-state index contributed by atoms with van der Waals surface area (Å²) in [6, 6.07) is 6.43. The van der Waals surface area contributed by atoms with Gasteiger partial charge in [-0.2, -0.15) is 0 Å². The zero-order valence-electron chi connectivity index (χ0n) is 15.2. The second-order valence-electron chi connectivity index (χ2n) is 6.75. The van der Waals surface area contributed by atoms with Crippen LogP contribution >= 0.6 is 0 Å². The minimum absolute atomic E-state index is 0.0285. The van der Waals surface area contributed by atoms with Crippen LogP contribution in [0.5, 0.6) is 0 Å². The number of nitrogens with zero attached hydrogens (tertiary/aromatic N) is 3. The van der Waals surface area contributed by atoms with Crippen molar-refractivity contribution in [1.82, 2.24) is 4.90 Å². The van der Waals surface area contributed by atoms with Crippen LogP contribution in [-0.2, 0) is 0 Å². The fourth-order valence-electron chi connectivity index (χ4n) is 3.10. The molecule has 1 aliphatic rings. The molecule has 0 N–H and O–H groups in total. The molecule has 24 heavy (non-hydrogen) atoms. The SMILES string of the molecule is C=N/C(=C\C=NC(C)c1ccc(F)cc1)N(C)C(C)(CC)C1CC1. The largest absolute Gasteiger partial charge is 0.354 e. The Morgan fingerprint density at radius 1 is 1.42 bits per heavy atom. The normalized spacial score (nSPS) is 19.1. The van der Waals surface area contributed by atoms with Crippen molar-refractivity contribution in [2.24, 2.45) is 15.9 Å². The summed E-state index contributed by atoms with van der Waals surface area (Å²) in [6.07, 6.45) is 7.33. The molecule has 130 valence electrons. The molecule has 0 aliphatic heterocycles. The number of hydrogen-bond donors (Lipinski definition) is 0. The number of allylic oxidation sites excluding steroid dienone is 1. The molecule has 4 heteroatoms. The maximum absolute atomic E-state index is 13.0. The van der Waals surface area contributed by atoms with Gasteiger partial charge in [0.05, 0.1) is 6.04 Å². The molecule has 1 aromatic rings. The first kappa shape index (κ1) is 18.4. The van der Waals surface area contributed by atoms with E-state index in [4.69, 9.17) is 0 Å². The van der Waals surface area contributed by atoms with Gasteiger partial charge in [-0.1, -0.05) is 19.1 Å². The molecule has 0 bridgehead atoms. The van der Waals surface area contributed by atoms with Gasteiger partial charge in [-0.3, -0.25) is 4.99 Å². The molecule has 1 saturated carbocycles. The fraction of sp³-hybridized carbons (Fsp3) is 0.500. The lowest BCUT2D eigenvalue weighted by atomic mass is 9.91. The van der Waals surface area contributed by atoms with E-state index in [1.165, 1.54) is 25.0 Å². The van der Waals surface area contributed by atoms with Crippen molar-refractivity contribution < 1.29 is 4.39 Å². The van der Waals surface area contributed by atoms with Gasteiger partial charge in [0.15, 0.2) is 0 Å². The van der Waals surface area contributed by atoms with E-state index in [0.717, 1.165) is 23.7 Å². The average Bonchev–Trinajstić information content (AvgIpc) is 3.43. The Kier molecular flexibility index (Phi) is 5.92. The van der Waals surface area contributed by atoms with Crippen molar-refractivity contribution in [2.75, 3.05) is 7.05 Å². The molecular formula is C20H28FN3. The topological polar surface area (TPSA) is 28.0 Å². The molecule has 0 radical (unpaired) electrons. The lowest BCUT2D eigenvalue weighted by Gasteiger charge is -2.40. The number of hydrogen-bond acceptors (Lipinski definition) is 3. The van der Waals surface area contributed by atoms with Gasteiger partial charge in [0, 0.05) is 18.8 Å². The zero-order valence-corrected chi connectivity index (χ0v) is 15.2. The molecule has 2 rings (SSSR count). The number of rotatable bonds is 8. The minimum atomic E-state index is -0.228. The summed E-state index contributed by atoms with van der Waals surface area (Å²) >= 11 is 0. The van der Waals surface area contributed by atoms with E-state index in [1.807, 2.05) is 13.0 Å². The number of benzene rings is 1. The Morgan fingerprint density at radius 3 is 2.54 bits per heavy atom. The van der Waals surface area contributed by atoms with Gasteiger partial charge in [0.25, 0.3) is 0 Å². The molecule has 0 saturated heterocycles. The Balaban J connectivity index is 2.09. The lowest BCUT2D eigenvalue weighted by molar-refractivity contribution is 0.146. The second kappa shape index (κ2) is 7.73. The Bertz CT molecular complexity index is 616. The standard InChI is InChI=1S/C20H28FN3/c1-6-20(3,17-9-10-17)24(5)19(22-4)13-14-23-15(2)16-7-11-18(21)12-8-16/h7-8,11-15,17H,4,6,9-10H2,1-3,5H3/b19-13+,23-14?. The highest BCUT2D eigenvalue weighted by Crippen LogP contribution is 2.45. The first-order chi connectivity index (χ1) is 11.4. The summed E-state index contributed by atoms with van der Waals surface area (Å²) in [6.45, 7) is 10.2. The maximum atomic E-state index is 13.0. The minimum Gasteiger partial charge on any atom is -0.354 e. The van der Waals surface area contributed by atoms with E-state index < -0.39 is 0 Å². The van der Waals surface area contributed by atoms with Gasteiger partial charge < -0.3 is 4.90 Å². The first-order valence-electron chi connectivity index (χ1n) is 8.61. The van der Waals surface area contributed by atoms with E-state index in [-0.39, 0.29) is 17.4 Å². The summed E-state index contributed by atoms with van der Waals surface area (Å²) in [5.74, 6) is 1.34. The van der Waals surface area contributed by atoms with Crippen LogP contribution in [0.4, 0.5) is 4.39 Å². The highest BCUT2D eigenvalue weighted by atomic mass is 19.1. The van der Waals surface area contributed by atoms with Crippen LogP contribution in [0.15, 0.2) is 46.1 Å². The molecular weight excluding hydrogens is 301 g/mol. The van der Waals surface area contributed by atoms with E-state index in [2.05, 4.69) is 42.5 Å². The van der Waals surface area contributed by atoms with Crippen LogP contribution in [0.25, 0.3) is 0 Å². The summed E-state index contributed by atoms with van der Waals surface area (Å²) < 4.78 is 13.0. The predicted octanol–water partition coefficient (Wildman–Crippen LogP) is 5.01. The molecule has 2 atom stereocenters. The molecule has 2 unspecified atom stereocenters. The van der Waals surface area contributed by atoms with Crippen molar-refractivity contribution in [3.05, 3.63) is 47.5 Å². The van der Waals surface area contributed by atoms with Crippen LogP contribution in [0, 0.1) is 11.7 Å². The summed E-state index contributed by atoms with van der Waals surface area (Å²) in [5, 5.41) is 0. The lowest BCUT2D eigenvalue weighted by Crippen LogP contribution is -2.44. The van der Waals surface area contributed by atoms with Gasteiger partial charge in [0.1, 0.15) is 11.6 Å². The van der Waals surface area contributed by atoms with E-state index in [0.29, 0.717) is 0 Å². The van der Waals surface area contributed by atoms with Crippen molar-refractivity contribution >= 4 is 12.9 Å². The zero-order chi connectivity index (χ0) is 17.7. The van der Waals surface area contributed by atoms with Gasteiger partial charge >= 0.3 is 0 Å².